The molecule has 2 aromatic carbocycles. The number of amides is 2. The van der Waals surface area contributed by atoms with Crippen molar-refractivity contribution in [1.29, 1.82) is 0 Å². The summed E-state index contributed by atoms with van der Waals surface area (Å²) < 4.78 is 0. The van der Waals surface area contributed by atoms with Crippen LogP contribution < -0.4 is 11.1 Å². The highest BCUT2D eigenvalue weighted by Crippen LogP contribution is 2.12. The largest absolute Gasteiger partial charge is 0.395 e. The molecule has 178 valence electrons. The van der Waals surface area contributed by atoms with Gasteiger partial charge in [0.15, 0.2) is 0 Å². The number of aromatic nitrogens is 1. The third-order valence-electron chi connectivity index (χ3n) is 5.04. The molecule has 0 fully saturated rings. The molecule has 1 aliphatic rings. The summed E-state index contributed by atoms with van der Waals surface area (Å²) in [7, 11) is 0. The summed E-state index contributed by atoms with van der Waals surface area (Å²) >= 11 is 0. The van der Waals surface area contributed by atoms with Gasteiger partial charge < -0.3 is 21.1 Å². The van der Waals surface area contributed by atoms with Gasteiger partial charge >= 0.3 is 0 Å². The predicted molar refractivity (Wildman–Crippen MR) is 136 cm³/mol. The summed E-state index contributed by atoms with van der Waals surface area (Å²) in [6.07, 6.45) is 1.64. The van der Waals surface area contributed by atoms with E-state index >= 15 is 0 Å². The van der Waals surface area contributed by atoms with E-state index in [1.807, 2.05) is 41.3 Å². The number of nitrogens with one attached hydrogen (secondary N) is 1. The fraction of sp³-hybridized carbons (Fsp3) is 0.185. The van der Waals surface area contributed by atoms with Crippen LogP contribution >= 0.6 is 0 Å². The summed E-state index contributed by atoms with van der Waals surface area (Å²) in [5.41, 5.74) is 8.05. The van der Waals surface area contributed by atoms with Crippen LogP contribution in [0.4, 0.5) is 5.82 Å². The van der Waals surface area contributed by atoms with Gasteiger partial charge in [-0.15, -0.1) is 5.92 Å². The van der Waals surface area contributed by atoms with Crippen molar-refractivity contribution in [1.82, 2.24) is 9.88 Å². The Morgan fingerprint density at radius 3 is 2.40 bits per heavy atom. The molecular formula is C27H27N5O3. The Hall–Kier alpha value is -4.48. The van der Waals surface area contributed by atoms with Crippen molar-refractivity contribution in [3.8, 4) is 11.8 Å². The number of amidine groups is 1. The maximum atomic E-state index is 11.8. The minimum absolute atomic E-state index is 0.110. The molecule has 0 unspecified atom stereocenters. The second-order valence-corrected chi connectivity index (χ2v) is 7.48. The lowest BCUT2D eigenvalue weighted by atomic mass is 10.1. The van der Waals surface area contributed by atoms with Gasteiger partial charge in [-0.05, 0) is 43.3 Å². The zero-order chi connectivity index (χ0) is 25.0. The van der Waals surface area contributed by atoms with Crippen molar-refractivity contribution in [3.05, 3.63) is 95.2 Å². The van der Waals surface area contributed by atoms with Crippen LogP contribution in [0.2, 0.25) is 0 Å². The molecular weight excluding hydrogens is 442 g/mol. The number of benzene rings is 2. The smallest absolute Gasteiger partial charge is 0.256 e. The van der Waals surface area contributed by atoms with E-state index in [-0.39, 0.29) is 12.5 Å². The van der Waals surface area contributed by atoms with Crippen molar-refractivity contribution in [2.45, 2.75) is 6.92 Å². The number of nitrogens with two attached hydrogens (primary N) is 1. The highest BCUT2D eigenvalue weighted by atomic mass is 16.3. The lowest BCUT2D eigenvalue weighted by Gasteiger charge is -2.19. The van der Waals surface area contributed by atoms with Crippen LogP contribution in [0, 0.1) is 11.8 Å². The van der Waals surface area contributed by atoms with Gasteiger partial charge in [-0.1, -0.05) is 36.3 Å². The Bertz CT molecular complexity index is 1230. The Kier molecular flexibility index (Phi) is 9.11. The summed E-state index contributed by atoms with van der Waals surface area (Å²) in [6, 6.07) is 19.6. The Morgan fingerprint density at radius 1 is 1.06 bits per heavy atom. The van der Waals surface area contributed by atoms with Crippen molar-refractivity contribution in [2.75, 3.05) is 31.6 Å². The SMILES string of the molecule is CC#Cc1ccc(NC(=O)c2ccccc2)nc1.NC(=O)c1ccc(C2=NCCN2CCO)cc1. The molecule has 0 bridgehead atoms. The molecule has 4 N–H and O–H groups in total. The van der Waals surface area contributed by atoms with E-state index in [4.69, 9.17) is 10.8 Å². The molecule has 0 spiro atoms. The van der Waals surface area contributed by atoms with Crippen LogP contribution in [-0.4, -0.2) is 58.9 Å². The number of carbonyl (C=O) groups is 2. The molecule has 0 saturated carbocycles. The molecule has 8 heteroatoms. The molecule has 0 saturated heterocycles. The highest BCUT2D eigenvalue weighted by Gasteiger charge is 2.17. The van der Waals surface area contributed by atoms with Crippen LogP contribution in [0.15, 0.2) is 77.9 Å². The molecule has 1 aromatic heterocycles. The Labute approximate surface area is 204 Å². The first-order valence-corrected chi connectivity index (χ1v) is 11.1. The first-order valence-electron chi connectivity index (χ1n) is 11.1. The molecule has 2 amide bonds. The van der Waals surface area contributed by atoms with E-state index in [0.717, 1.165) is 30.1 Å². The molecule has 4 rings (SSSR count). The standard InChI is InChI=1S/C15H12N2O.C12H15N3O2/c1-2-6-12-9-10-14(16-11-12)17-15(18)13-7-4-3-5-8-13;13-11(17)9-1-3-10(4-2-9)12-14-5-6-15(12)7-8-16/h3-5,7-11H,1H3,(H,16,17,18);1-4,16H,5-8H2,(H2,13,17). The molecule has 0 atom stereocenters. The minimum Gasteiger partial charge on any atom is -0.395 e. The fourth-order valence-corrected chi connectivity index (χ4v) is 3.34. The van der Waals surface area contributed by atoms with Crippen LogP contribution in [0.1, 0.15) is 38.8 Å². The van der Waals surface area contributed by atoms with Gasteiger partial charge in [-0.25, -0.2) is 4.98 Å². The first-order chi connectivity index (χ1) is 17.0. The molecule has 2 heterocycles. The molecule has 3 aromatic rings. The lowest BCUT2D eigenvalue weighted by molar-refractivity contribution is 0.0997. The highest BCUT2D eigenvalue weighted by molar-refractivity contribution is 6.03. The van der Waals surface area contributed by atoms with Gasteiger partial charge in [0.25, 0.3) is 5.91 Å². The number of aliphatic hydroxyl groups excluding tert-OH is 1. The van der Waals surface area contributed by atoms with Crippen molar-refractivity contribution in [3.63, 3.8) is 0 Å². The van der Waals surface area contributed by atoms with Crippen molar-refractivity contribution in [2.24, 2.45) is 10.7 Å². The number of aliphatic imine (C=N–C) groups is 1. The molecule has 0 radical (unpaired) electrons. The van der Waals surface area contributed by atoms with Gasteiger partial charge in [0.05, 0.1) is 13.2 Å². The second kappa shape index (κ2) is 12.7. The average Bonchev–Trinajstić information content (AvgIpc) is 3.35. The van der Waals surface area contributed by atoms with Gasteiger partial charge in [0.1, 0.15) is 11.7 Å². The fourth-order valence-electron chi connectivity index (χ4n) is 3.34. The third kappa shape index (κ3) is 7.25. The summed E-state index contributed by atoms with van der Waals surface area (Å²) in [5, 5.41) is 11.7. The number of hydrogen-bond acceptors (Lipinski definition) is 6. The molecule has 35 heavy (non-hydrogen) atoms. The zero-order valence-electron chi connectivity index (χ0n) is 19.4. The predicted octanol–water partition coefficient (Wildman–Crippen LogP) is 2.55. The number of nitrogens with zero attached hydrogens (tertiary/aromatic N) is 3. The minimum atomic E-state index is -0.433. The van der Waals surface area contributed by atoms with E-state index in [9.17, 15) is 9.59 Å². The number of primary amides is 1. The quantitative estimate of drug-likeness (QED) is 0.479. The Morgan fingerprint density at radius 2 is 1.80 bits per heavy atom. The normalized spacial score (nSPS) is 11.9. The van der Waals surface area contributed by atoms with Gasteiger partial charge in [0, 0.05) is 41.5 Å². The van der Waals surface area contributed by atoms with Gasteiger partial charge in [-0.3, -0.25) is 14.6 Å². The van der Waals surface area contributed by atoms with Gasteiger partial charge in [0.2, 0.25) is 5.91 Å². The van der Waals surface area contributed by atoms with Gasteiger partial charge in [-0.2, -0.15) is 0 Å². The lowest BCUT2D eigenvalue weighted by Crippen LogP contribution is -2.31. The maximum Gasteiger partial charge on any atom is 0.256 e. The Balaban J connectivity index is 0.000000196. The summed E-state index contributed by atoms with van der Waals surface area (Å²) in [6.45, 7) is 4.03. The van der Waals surface area contributed by atoms with Crippen molar-refractivity contribution >= 4 is 23.5 Å². The number of rotatable bonds is 6. The number of anilines is 1. The number of aliphatic hydroxyl groups is 1. The third-order valence-corrected chi connectivity index (χ3v) is 5.04. The topological polar surface area (TPSA) is 121 Å². The van der Waals surface area contributed by atoms with E-state index in [1.54, 1.807) is 43.5 Å². The molecule has 0 aliphatic carbocycles. The monoisotopic (exact) mass is 469 g/mol. The first kappa shape index (κ1) is 25.1. The van der Waals surface area contributed by atoms with E-state index < -0.39 is 5.91 Å². The molecule has 8 nitrogen and oxygen atoms in total. The summed E-state index contributed by atoms with van der Waals surface area (Å²) in [4.78, 5) is 33.3. The van der Waals surface area contributed by atoms with E-state index in [0.29, 0.717) is 23.5 Å². The van der Waals surface area contributed by atoms with Crippen LogP contribution in [0.3, 0.4) is 0 Å². The van der Waals surface area contributed by atoms with E-state index in [1.165, 1.54) is 0 Å². The number of hydrogen-bond donors (Lipinski definition) is 3. The number of β-amino-alcohol motifs (C(OH)–C–C–N with tert-alkyl or cyclic N) is 1. The average molecular weight is 470 g/mol. The number of pyridine rings is 1. The van der Waals surface area contributed by atoms with Crippen LogP contribution in [-0.2, 0) is 0 Å². The van der Waals surface area contributed by atoms with Crippen LogP contribution in [0.5, 0.6) is 0 Å². The van der Waals surface area contributed by atoms with Crippen LogP contribution in [0.25, 0.3) is 0 Å². The molecule has 1 aliphatic heterocycles. The summed E-state index contributed by atoms with van der Waals surface area (Å²) in [5.74, 6) is 6.47. The van der Waals surface area contributed by atoms with E-state index in [2.05, 4.69) is 27.1 Å². The zero-order valence-corrected chi connectivity index (χ0v) is 19.4. The maximum absolute atomic E-state index is 11.8. The second-order valence-electron chi connectivity index (χ2n) is 7.48. The van der Waals surface area contributed by atoms with Crippen molar-refractivity contribution < 1.29 is 14.7 Å². The number of carbonyl (C=O) groups excluding carboxylic acids is 2.